The molecule has 3 rings (SSSR count). The number of aromatic nitrogens is 1. The van der Waals surface area contributed by atoms with E-state index in [1.54, 1.807) is 38.1 Å². The fraction of sp³-hybridized carbons (Fsp3) is 0.111. The Balaban J connectivity index is 2.04. The van der Waals surface area contributed by atoms with Crippen LogP contribution in [0.4, 0.5) is 15.8 Å². The van der Waals surface area contributed by atoms with Gasteiger partial charge in [0.15, 0.2) is 0 Å². The smallest absolute Gasteiger partial charge is 0.337 e. The molecule has 2 N–H and O–H groups in total. The van der Waals surface area contributed by atoms with Gasteiger partial charge in [-0.1, -0.05) is 28.9 Å². The van der Waals surface area contributed by atoms with E-state index in [4.69, 9.17) is 16.1 Å². The molecule has 0 unspecified atom stereocenters. The van der Waals surface area contributed by atoms with E-state index in [2.05, 4.69) is 10.5 Å². The van der Waals surface area contributed by atoms with Gasteiger partial charge in [0.2, 0.25) is 0 Å². The van der Waals surface area contributed by atoms with Crippen LogP contribution >= 0.6 is 11.6 Å². The summed E-state index contributed by atoms with van der Waals surface area (Å²) in [5.41, 5.74) is 2.12. The van der Waals surface area contributed by atoms with Gasteiger partial charge >= 0.3 is 5.97 Å². The minimum atomic E-state index is -1.12. The summed E-state index contributed by atoms with van der Waals surface area (Å²) in [7, 11) is 0. The maximum absolute atomic E-state index is 14.6. The molecule has 5 nitrogen and oxygen atoms in total. The van der Waals surface area contributed by atoms with Crippen molar-refractivity contribution in [2.24, 2.45) is 0 Å². The fourth-order valence-corrected chi connectivity index (χ4v) is 2.90. The van der Waals surface area contributed by atoms with Crippen molar-refractivity contribution >= 4 is 28.9 Å². The summed E-state index contributed by atoms with van der Waals surface area (Å²) < 4.78 is 19.7. The van der Waals surface area contributed by atoms with Crippen LogP contribution in [0.15, 0.2) is 40.9 Å². The van der Waals surface area contributed by atoms with Gasteiger partial charge in [-0.15, -0.1) is 0 Å². The van der Waals surface area contributed by atoms with Crippen molar-refractivity contribution in [2.75, 3.05) is 5.32 Å². The lowest BCUT2D eigenvalue weighted by Gasteiger charge is -2.13. The number of nitrogens with one attached hydrogen (secondary N) is 1. The van der Waals surface area contributed by atoms with E-state index >= 15 is 0 Å². The minimum absolute atomic E-state index is 0.00544. The number of benzene rings is 2. The maximum atomic E-state index is 14.6. The third-order valence-corrected chi connectivity index (χ3v) is 4.08. The second kappa shape index (κ2) is 6.57. The number of halogens is 2. The Kier molecular flexibility index (Phi) is 4.46. The third kappa shape index (κ3) is 3.21. The number of nitrogens with zero attached hydrogens (tertiary/aromatic N) is 1. The maximum Gasteiger partial charge on any atom is 0.337 e. The van der Waals surface area contributed by atoms with E-state index in [-0.39, 0.29) is 22.0 Å². The number of hydrogen-bond donors (Lipinski definition) is 2. The molecule has 1 heterocycles. The predicted molar refractivity (Wildman–Crippen MR) is 93.1 cm³/mol. The molecule has 0 saturated carbocycles. The lowest BCUT2D eigenvalue weighted by molar-refractivity contribution is 0.0698. The van der Waals surface area contributed by atoms with Crippen LogP contribution < -0.4 is 5.32 Å². The van der Waals surface area contributed by atoms with Crippen molar-refractivity contribution in [3.8, 4) is 11.1 Å². The third-order valence-electron chi connectivity index (χ3n) is 3.78. The molecule has 0 aliphatic rings. The highest BCUT2D eigenvalue weighted by Crippen LogP contribution is 2.36. The summed E-state index contributed by atoms with van der Waals surface area (Å²) in [6.07, 6.45) is 0. The van der Waals surface area contributed by atoms with Crippen molar-refractivity contribution in [3.63, 3.8) is 0 Å². The SMILES string of the molecule is Cc1noc(C)c1-c1cc(F)c(Nc2ccccc2C(=O)O)c(Cl)c1. The van der Waals surface area contributed by atoms with Crippen molar-refractivity contribution in [1.82, 2.24) is 5.16 Å². The molecule has 3 aromatic rings. The van der Waals surface area contributed by atoms with E-state index in [9.17, 15) is 14.3 Å². The zero-order chi connectivity index (χ0) is 18.1. The van der Waals surface area contributed by atoms with Gasteiger partial charge in [0.1, 0.15) is 11.6 Å². The summed E-state index contributed by atoms with van der Waals surface area (Å²) in [4.78, 5) is 11.3. The Labute approximate surface area is 148 Å². The van der Waals surface area contributed by atoms with Crippen molar-refractivity contribution < 1.29 is 18.8 Å². The normalized spacial score (nSPS) is 10.7. The molecule has 128 valence electrons. The lowest BCUT2D eigenvalue weighted by atomic mass is 10.0. The Morgan fingerprint density at radius 2 is 2.00 bits per heavy atom. The van der Waals surface area contributed by atoms with E-state index in [1.807, 2.05) is 0 Å². The first kappa shape index (κ1) is 17.0. The summed E-state index contributed by atoms with van der Waals surface area (Å²) >= 11 is 6.24. The molecule has 0 bridgehead atoms. The average molecular weight is 361 g/mol. The summed E-state index contributed by atoms with van der Waals surface area (Å²) in [6.45, 7) is 3.49. The molecule has 0 atom stereocenters. The quantitative estimate of drug-likeness (QED) is 0.669. The van der Waals surface area contributed by atoms with Crippen LogP contribution in [0.25, 0.3) is 11.1 Å². The van der Waals surface area contributed by atoms with Crippen LogP contribution in [0, 0.1) is 19.7 Å². The summed E-state index contributed by atoms with van der Waals surface area (Å²) in [5, 5.41) is 16.0. The van der Waals surface area contributed by atoms with Crippen molar-refractivity contribution in [1.29, 1.82) is 0 Å². The van der Waals surface area contributed by atoms with Gasteiger partial charge in [0, 0.05) is 5.56 Å². The molecule has 0 saturated heterocycles. The number of aryl methyl sites for hydroxylation is 2. The monoisotopic (exact) mass is 360 g/mol. The Morgan fingerprint density at radius 3 is 2.60 bits per heavy atom. The van der Waals surface area contributed by atoms with Crippen LogP contribution in [0.3, 0.4) is 0 Å². The van der Waals surface area contributed by atoms with Gasteiger partial charge in [0.25, 0.3) is 0 Å². The molecule has 1 aromatic heterocycles. The molecule has 2 aromatic carbocycles. The van der Waals surface area contributed by atoms with E-state index in [0.29, 0.717) is 22.6 Å². The molecule has 0 spiro atoms. The van der Waals surface area contributed by atoms with Gasteiger partial charge in [0.05, 0.1) is 27.7 Å². The van der Waals surface area contributed by atoms with Gasteiger partial charge in [-0.25, -0.2) is 9.18 Å². The molecular formula is C18H14ClFN2O3. The van der Waals surface area contributed by atoms with Crippen LogP contribution in [0.2, 0.25) is 5.02 Å². The number of carbonyl (C=O) groups is 1. The molecule has 0 radical (unpaired) electrons. The topological polar surface area (TPSA) is 75.4 Å². The predicted octanol–water partition coefficient (Wildman–Crippen LogP) is 5.19. The molecular weight excluding hydrogens is 347 g/mol. The van der Waals surface area contributed by atoms with E-state index in [0.717, 1.165) is 0 Å². The second-order valence-corrected chi connectivity index (χ2v) is 5.90. The van der Waals surface area contributed by atoms with Gasteiger partial charge in [-0.05, 0) is 43.7 Å². The standard InChI is InChI=1S/C18H14ClFN2O3/c1-9-16(10(2)25-22-9)11-7-13(19)17(14(20)8-11)21-15-6-4-3-5-12(15)18(23)24/h3-8,21H,1-2H3,(H,23,24). The number of hydrogen-bond acceptors (Lipinski definition) is 4. The highest BCUT2D eigenvalue weighted by Gasteiger charge is 2.18. The van der Waals surface area contributed by atoms with Crippen LogP contribution in [0.1, 0.15) is 21.8 Å². The first-order valence-corrected chi connectivity index (χ1v) is 7.78. The molecule has 25 heavy (non-hydrogen) atoms. The van der Waals surface area contributed by atoms with Gasteiger partial charge in [-0.2, -0.15) is 0 Å². The number of carboxylic acid groups (broad SMARTS) is 1. The minimum Gasteiger partial charge on any atom is -0.478 e. The number of carboxylic acids is 1. The zero-order valence-electron chi connectivity index (χ0n) is 13.4. The van der Waals surface area contributed by atoms with Gasteiger partial charge < -0.3 is 14.9 Å². The lowest BCUT2D eigenvalue weighted by Crippen LogP contribution is -2.04. The highest BCUT2D eigenvalue weighted by atomic mass is 35.5. The zero-order valence-corrected chi connectivity index (χ0v) is 14.2. The number of para-hydroxylation sites is 1. The van der Waals surface area contributed by atoms with E-state index in [1.165, 1.54) is 12.1 Å². The Morgan fingerprint density at radius 1 is 1.28 bits per heavy atom. The number of aromatic carboxylic acids is 1. The fourth-order valence-electron chi connectivity index (χ4n) is 2.65. The first-order valence-electron chi connectivity index (χ1n) is 7.40. The molecule has 0 fully saturated rings. The molecule has 0 aliphatic heterocycles. The largest absolute Gasteiger partial charge is 0.478 e. The van der Waals surface area contributed by atoms with Gasteiger partial charge in [-0.3, -0.25) is 0 Å². The van der Waals surface area contributed by atoms with Crippen LogP contribution in [-0.2, 0) is 0 Å². The van der Waals surface area contributed by atoms with E-state index < -0.39 is 11.8 Å². The van der Waals surface area contributed by atoms with Crippen molar-refractivity contribution in [3.05, 3.63) is 64.3 Å². The summed E-state index contributed by atoms with van der Waals surface area (Å²) in [5.74, 6) is -1.17. The number of rotatable bonds is 4. The average Bonchev–Trinajstić information content (AvgIpc) is 2.89. The Hall–Kier alpha value is -2.86. The van der Waals surface area contributed by atoms with Crippen LogP contribution in [-0.4, -0.2) is 16.2 Å². The molecule has 0 amide bonds. The highest BCUT2D eigenvalue weighted by molar-refractivity contribution is 6.33. The first-order chi connectivity index (χ1) is 11.9. The summed E-state index contributed by atoms with van der Waals surface area (Å²) in [6, 6.07) is 9.11. The Bertz CT molecular complexity index is 926. The molecule has 7 heteroatoms. The van der Waals surface area contributed by atoms with Crippen molar-refractivity contribution in [2.45, 2.75) is 13.8 Å². The number of anilines is 2. The molecule has 0 aliphatic carbocycles. The second-order valence-electron chi connectivity index (χ2n) is 5.49. The van der Waals surface area contributed by atoms with Crippen LogP contribution in [0.5, 0.6) is 0 Å².